The molecule has 2 N–H and O–H groups in total. The normalized spacial score (nSPS) is 21.1. The Bertz CT molecular complexity index is 744. The molecule has 10 heteroatoms. The molecule has 1 heterocycles. The van der Waals surface area contributed by atoms with Gasteiger partial charge in [0.05, 0.1) is 6.61 Å². The van der Waals surface area contributed by atoms with E-state index in [2.05, 4.69) is 10.6 Å². The molecule has 0 aromatic heterocycles. The number of nitrogens with one attached hydrogen (secondary N) is 2. The van der Waals surface area contributed by atoms with Crippen LogP contribution in [0.4, 0.5) is 10.1 Å². The van der Waals surface area contributed by atoms with E-state index in [9.17, 15) is 17.6 Å². The maximum absolute atomic E-state index is 13.5. The summed E-state index contributed by atoms with van der Waals surface area (Å²) < 4.78 is 45.6. The Morgan fingerprint density at radius 1 is 1.42 bits per heavy atom. The number of hydrogen-bond donors (Lipinski definition) is 2. The van der Waals surface area contributed by atoms with E-state index in [0.29, 0.717) is 18.8 Å². The van der Waals surface area contributed by atoms with Crippen LogP contribution in [0, 0.1) is 5.82 Å². The summed E-state index contributed by atoms with van der Waals surface area (Å²) in [5.41, 5.74) is -0.777. The molecule has 0 saturated carbocycles. The van der Waals surface area contributed by atoms with Crippen molar-refractivity contribution in [3.63, 3.8) is 0 Å². The molecular formula is C16H25FN4O4S. The molecule has 146 valence electrons. The van der Waals surface area contributed by atoms with Crippen molar-refractivity contribution in [2.75, 3.05) is 52.8 Å². The minimum Gasteiger partial charge on any atom is -0.383 e. The molecule has 1 aromatic rings. The topological polar surface area (TPSA) is 91.0 Å². The van der Waals surface area contributed by atoms with Crippen LogP contribution in [-0.4, -0.2) is 75.9 Å². The van der Waals surface area contributed by atoms with Gasteiger partial charge in [0.2, 0.25) is 5.91 Å². The van der Waals surface area contributed by atoms with E-state index in [-0.39, 0.29) is 25.4 Å². The summed E-state index contributed by atoms with van der Waals surface area (Å²) >= 11 is 0. The lowest BCUT2D eigenvalue weighted by atomic mass is 9.96. The lowest BCUT2D eigenvalue weighted by molar-refractivity contribution is -0.125. The van der Waals surface area contributed by atoms with Crippen LogP contribution in [0.25, 0.3) is 0 Å². The van der Waals surface area contributed by atoms with Crippen molar-refractivity contribution >= 4 is 21.8 Å². The van der Waals surface area contributed by atoms with Gasteiger partial charge in [-0.3, -0.25) is 4.79 Å². The lowest BCUT2D eigenvalue weighted by Crippen LogP contribution is -2.55. The number of hydrogen-bond acceptors (Lipinski definition) is 5. The predicted molar refractivity (Wildman–Crippen MR) is 96.4 cm³/mol. The van der Waals surface area contributed by atoms with Gasteiger partial charge in [-0.2, -0.15) is 17.0 Å². The zero-order chi connectivity index (χ0) is 19.4. The number of methoxy groups -OCH3 is 1. The van der Waals surface area contributed by atoms with E-state index >= 15 is 0 Å². The third-order valence-corrected chi connectivity index (χ3v) is 6.14. The van der Waals surface area contributed by atoms with Gasteiger partial charge in [-0.15, -0.1) is 0 Å². The molecule has 1 unspecified atom stereocenters. The molecule has 0 radical (unpaired) electrons. The van der Waals surface area contributed by atoms with Crippen molar-refractivity contribution in [1.82, 2.24) is 13.9 Å². The number of carbonyl (C=O) groups excluding carboxylic acids is 1. The fraction of sp³-hybridized carbons (Fsp3) is 0.562. The van der Waals surface area contributed by atoms with Gasteiger partial charge in [-0.1, -0.05) is 6.07 Å². The van der Waals surface area contributed by atoms with Gasteiger partial charge in [0.15, 0.2) is 0 Å². The van der Waals surface area contributed by atoms with Gasteiger partial charge in [0.25, 0.3) is 10.2 Å². The Balaban J connectivity index is 2.27. The van der Waals surface area contributed by atoms with E-state index in [1.807, 2.05) is 0 Å². The second kappa shape index (κ2) is 8.30. The number of anilines is 1. The summed E-state index contributed by atoms with van der Waals surface area (Å²) in [4.78, 5) is 12.8. The van der Waals surface area contributed by atoms with E-state index in [0.717, 1.165) is 4.31 Å². The van der Waals surface area contributed by atoms with Crippen molar-refractivity contribution in [3.05, 3.63) is 30.1 Å². The SMILES string of the molecule is COCCNC(=O)C1(Nc2cccc(F)c2)CCN(S(=O)(=O)N(C)C)C1. The molecule has 1 aromatic carbocycles. The zero-order valence-electron chi connectivity index (χ0n) is 15.2. The van der Waals surface area contributed by atoms with Crippen molar-refractivity contribution in [1.29, 1.82) is 0 Å². The summed E-state index contributed by atoms with van der Waals surface area (Å²) in [6.45, 7) is 0.757. The number of halogens is 1. The summed E-state index contributed by atoms with van der Waals surface area (Å²) in [6, 6.07) is 5.73. The first-order valence-electron chi connectivity index (χ1n) is 8.20. The zero-order valence-corrected chi connectivity index (χ0v) is 16.0. The predicted octanol–water partition coefficient (Wildman–Crippen LogP) is 0.251. The fourth-order valence-electron chi connectivity index (χ4n) is 2.83. The molecule has 8 nitrogen and oxygen atoms in total. The van der Waals surface area contributed by atoms with Gasteiger partial charge >= 0.3 is 0 Å². The largest absolute Gasteiger partial charge is 0.383 e. The Morgan fingerprint density at radius 3 is 2.77 bits per heavy atom. The monoisotopic (exact) mass is 388 g/mol. The van der Waals surface area contributed by atoms with E-state index < -0.39 is 21.6 Å². The van der Waals surface area contributed by atoms with E-state index in [1.54, 1.807) is 6.07 Å². The Labute approximate surface area is 153 Å². The molecule has 1 aliphatic heterocycles. The van der Waals surface area contributed by atoms with Gasteiger partial charge < -0.3 is 15.4 Å². The van der Waals surface area contributed by atoms with Gasteiger partial charge in [-0.05, 0) is 24.6 Å². The molecule has 1 saturated heterocycles. The first-order valence-corrected chi connectivity index (χ1v) is 9.59. The van der Waals surface area contributed by atoms with Crippen LogP contribution in [0.1, 0.15) is 6.42 Å². The number of benzene rings is 1. The highest BCUT2D eigenvalue weighted by Gasteiger charge is 2.48. The second-order valence-electron chi connectivity index (χ2n) is 6.34. The highest BCUT2D eigenvalue weighted by molar-refractivity contribution is 7.86. The lowest BCUT2D eigenvalue weighted by Gasteiger charge is -2.31. The third-order valence-electron chi connectivity index (χ3n) is 4.26. The standard InChI is InChI=1S/C16H25FN4O4S/c1-20(2)26(23,24)21-9-7-16(12-21,15(22)18-8-10-25-3)19-14-6-4-5-13(17)11-14/h4-6,11,19H,7-10,12H2,1-3H3,(H,18,22). The van der Waals surface area contributed by atoms with Gasteiger partial charge in [0, 0.05) is 46.5 Å². The van der Waals surface area contributed by atoms with Crippen LogP contribution < -0.4 is 10.6 Å². The molecule has 0 bridgehead atoms. The van der Waals surface area contributed by atoms with Crippen LogP contribution in [0.15, 0.2) is 24.3 Å². The Morgan fingerprint density at radius 2 is 2.15 bits per heavy atom. The fourth-order valence-corrected chi connectivity index (χ4v) is 3.99. The highest BCUT2D eigenvalue weighted by atomic mass is 32.2. The average Bonchev–Trinajstić information content (AvgIpc) is 3.01. The number of carbonyl (C=O) groups is 1. The number of ether oxygens (including phenoxy) is 1. The van der Waals surface area contributed by atoms with Crippen molar-refractivity contribution in [2.24, 2.45) is 0 Å². The Hall–Kier alpha value is -1.75. The minimum atomic E-state index is -3.66. The van der Waals surface area contributed by atoms with Crippen LogP contribution in [0.3, 0.4) is 0 Å². The first kappa shape index (κ1) is 20.6. The molecule has 0 aliphatic carbocycles. The second-order valence-corrected chi connectivity index (χ2v) is 8.48. The van der Waals surface area contributed by atoms with Crippen LogP contribution in [0.2, 0.25) is 0 Å². The van der Waals surface area contributed by atoms with Crippen LogP contribution >= 0.6 is 0 Å². The molecule has 26 heavy (non-hydrogen) atoms. The molecule has 1 amide bonds. The summed E-state index contributed by atoms with van der Waals surface area (Å²) in [5, 5.41) is 5.79. The Kier molecular flexibility index (Phi) is 6.56. The van der Waals surface area contributed by atoms with Gasteiger partial charge in [0.1, 0.15) is 11.4 Å². The van der Waals surface area contributed by atoms with E-state index in [4.69, 9.17) is 4.74 Å². The smallest absolute Gasteiger partial charge is 0.281 e. The molecular weight excluding hydrogens is 363 g/mol. The average molecular weight is 388 g/mol. The molecule has 0 spiro atoms. The van der Waals surface area contributed by atoms with Gasteiger partial charge in [-0.25, -0.2) is 4.39 Å². The summed E-state index contributed by atoms with van der Waals surface area (Å²) in [6.07, 6.45) is 0.259. The van der Waals surface area contributed by atoms with E-state index in [1.165, 1.54) is 43.7 Å². The summed E-state index contributed by atoms with van der Waals surface area (Å²) in [5.74, 6) is -0.795. The summed E-state index contributed by atoms with van der Waals surface area (Å²) in [7, 11) is 0.740. The molecule has 1 aliphatic rings. The van der Waals surface area contributed by atoms with Crippen molar-refractivity contribution in [3.8, 4) is 0 Å². The maximum Gasteiger partial charge on any atom is 0.281 e. The highest BCUT2D eigenvalue weighted by Crippen LogP contribution is 2.29. The van der Waals surface area contributed by atoms with Crippen LogP contribution in [-0.2, 0) is 19.7 Å². The molecule has 2 rings (SSSR count). The number of amides is 1. The van der Waals surface area contributed by atoms with Crippen molar-refractivity contribution < 1.29 is 22.3 Å². The van der Waals surface area contributed by atoms with Crippen molar-refractivity contribution in [2.45, 2.75) is 12.0 Å². The first-order chi connectivity index (χ1) is 12.2. The number of rotatable bonds is 8. The quantitative estimate of drug-likeness (QED) is 0.623. The maximum atomic E-state index is 13.5. The number of nitrogens with zero attached hydrogens (tertiary/aromatic N) is 2. The molecule has 1 fully saturated rings. The van der Waals surface area contributed by atoms with Crippen LogP contribution in [0.5, 0.6) is 0 Å². The third kappa shape index (κ3) is 4.50. The minimum absolute atomic E-state index is 0.0527. The molecule has 1 atom stereocenters.